The molecule has 0 bridgehead atoms. The Morgan fingerprint density at radius 2 is 2.08 bits per heavy atom. The molecule has 0 spiro atoms. The Bertz CT molecular complexity index is 973. The molecule has 24 heavy (non-hydrogen) atoms. The minimum atomic E-state index is 0.0319. The molecule has 0 fully saturated rings. The van der Waals surface area contributed by atoms with Gasteiger partial charge in [-0.1, -0.05) is 18.2 Å². The van der Waals surface area contributed by atoms with Gasteiger partial charge in [0.05, 0.1) is 24.7 Å². The molecular formula is C17H18N6O. The zero-order valence-electron chi connectivity index (χ0n) is 13.1. The van der Waals surface area contributed by atoms with Crippen molar-refractivity contribution < 1.29 is 5.11 Å². The molecule has 0 aliphatic heterocycles. The fraction of sp³-hybridized carbons (Fsp3) is 0.235. The largest absolute Gasteiger partial charge is 0.394 e. The van der Waals surface area contributed by atoms with Gasteiger partial charge in [-0.2, -0.15) is 5.10 Å². The molecule has 0 aliphatic rings. The average molecular weight is 322 g/mol. The maximum Gasteiger partial charge on any atom is 0.163 e. The van der Waals surface area contributed by atoms with Crippen molar-refractivity contribution in [3.05, 3.63) is 48.5 Å². The Morgan fingerprint density at radius 3 is 3.00 bits per heavy atom. The topological polar surface area (TPSA) is 91.7 Å². The second-order valence-corrected chi connectivity index (χ2v) is 5.59. The minimum absolute atomic E-state index is 0.0319. The van der Waals surface area contributed by atoms with Crippen LogP contribution < -0.4 is 5.32 Å². The number of hydrogen-bond donors (Lipinski definition) is 3. The molecule has 3 aromatic heterocycles. The fourth-order valence-electron chi connectivity index (χ4n) is 2.95. The monoisotopic (exact) mass is 322 g/mol. The summed E-state index contributed by atoms with van der Waals surface area (Å²) in [5, 5.41) is 18.8. The molecule has 0 atom stereocenters. The Hall–Kier alpha value is -2.93. The zero-order chi connectivity index (χ0) is 16.4. The first-order valence-corrected chi connectivity index (χ1v) is 7.93. The Balaban J connectivity index is 1.51. The van der Waals surface area contributed by atoms with Crippen LogP contribution in [0.5, 0.6) is 0 Å². The lowest BCUT2D eigenvalue weighted by atomic mass is 10.1. The first-order valence-electron chi connectivity index (χ1n) is 7.93. The number of aliphatic hydroxyl groups excluding tert-OH is 1. The van der Waals surface area contributed by atoms with E-state index < -0.39 is 0 Å². The predicted molar refractivity (Wildman–Crippen MR) is 92.9 cm³/mol. The van der Waals surface area contributed by atoms with E-state index in [4.69, 9.17) is 5.11 Å². The van der Waals surface area contributed by atoms with E-state index in [9.17, 15) is 0 Å². The molecular weight excluding hydrogens is 304 g/mol. The van der Waals surface area contributed by atoms with Gasteiger partial charge in [0.1, 0.15) is 12.1 Å². The van der Waals surface area contributed by atoms with E-state index >= 15 is 0 Å². The third-order valence-electron chi connectivity index (χ3n) is 4.11. The SMILES string of the molecule is OCCn1ncc2c(NCCc3c[nH]c4ccccc34)ncnc21. The van der Waals surface area contributed by atoms with E-state index in [1.54, 1.807) is 10.9 Å². The Labute approximate surface area is 138 Å². The lowest BCUT2D eigenvalue weighted by molar-refractivity contribution is 0.271. The Kier molecular flexibility index (Phi) is 3.84. The third kappa shape index (κ3) is 2.59. The molecule has 3 heterocycles. The van der Waals surface area contributed by atoms with Gasteiger partial charge in [-0.05, 0) is 18.1 Å². The van der Waals surface area contributed by atoms with E-state index in [0.717, 1.165) is 35.3 Å². The van der Waals surface area contributed by atoms with Crippen LogP contribution in [0.2, 0.25) is 0 Å². The number of aromatic nitrogens is 5. The summed E-state index contributed by atoms with van der Waals surface area (Å²) in [7, 11) is 0. The van der Waals surface area contributed by atoms with Crippen LogP contribution in [0.25, 0.3) is 21.9 Å². The maximum absolute atomic E-state index is 9.08. The van der Waals surface area contributed by atoms with Crippen molar-refractivity contribution in [1.29, 1.82) is 0 Å². The molecule has 0 unspecified atom stereocenters. The normalized spacial score (nSPS) is 11.4. The van der Waals surface area contributed by atoms with Gasteiger partial charge in [0.25, 0.3) is 0 Å². The standard InChI is InChI=1S/C17H18N6O/c24-8-7-23-17-14(10-22-23)16(20-11-21-17)18-6-5-12-9-19-15-4-2-1-3-13(12)15/h1-4,9-11,19,24H,5-8H2,(H,18,20,21). The zero-order valence-corrected chi connectivity index (χ0v) is 13.1. The number of anilines is 1. The number of hydrogen-bond acceptors (Lipinski definition) is 5. The first-order chi connectivity index (χ1) is 11.9. The maximum atomic E-state index is 9.08. The molecule has 1 aromatic carbocycles. The van der Waals surface area contributed by atoms with Crippen molar-refractivity contribution in [2.45, 2.75) is 13.0 Å². The summed E-state index contributed by atoms with van der Waals surface area (Å²) < 4.78 is 1.68. The second kappa shape index (κ2) is 6.29. The van der Waals surface area contributed by atoms with Crippen LogP contribution in [0.4, 0.5) is 5.82 Å². The van der Waals surface area contributed by atoms with Gasteiger partial charge in [0.2, 0.25) is 0 Å². The highest BCUT2D eigenvalue weighted by molar-refractivity contribution is 5.86. The van der Waals surface area contributed by atoms with Gasteiger partial charge in [-0.3, -0.25) is 0 Å². The van der Waals surface area contributed by atoms with Gasteiger partial charge < -0.3 is 15.4 Å². The lowest BCUT2D eigenvalue weighted by Gasteiger charge is -2.06. The van der Waals surface area contributed by atoms with Crippen molar-refractivity contribution in [3.63, 3.8) is 0 Å². The van der Waals surface area contributed by atoms with Crippen molar-refractivity contribution >= 4 is 27.8 Å². The number of aliphatic hydroxyl groups is 1. The molecule has 4 rings (SSSR count). The highest BCUT2D eigenvalue weighted by Gasteiger charge is 2.09. The van der Waals surface area contributed by atoms with E-state index in [0.29, 0.717) is 6.54 Å². The Morgan fingerprint density at radius 1 is 1.17 bits per heavy atom. The smallest absolute Gasteiger partial charge is 0.163 e. The van der Waals surface area contributed by atoms with Crippen LogP contribution >= 0.6 is 0 Å². The lowest BCUT2D eigenvalue weighted by Crippen LogP contribution is -2.08. The van der Waals surface area contributed by atoms with E-state index in [2.05, 4.69) is 49.8 Å². The molecule has 3 N–H and O–H groups in total. The molecule has 7 heteroatoms. The predicted octanol–water partition coefficient (Wildman–Crippen LogP) is 1.95. The van der Waals surface area contributed by atoms with Gasteiger partial charge >= 0.3 is 0 Å². The number of nitrogens with one attached hydrogen (secondary N) is 2. The van der Waals surface area contributed by atoms with Crippen LogP contribution in [0.15, 0.2) is 43.0 Å². The number of fused-ring (bicyclic) bond motifs is 2. The fourth-order valence-corrected chi connectivity index (χ4v) is 2.95. The first kappa shape index (κ1) is 14.6. The average Bonchev–Trinajstić information content (AvgIpc) is 3.21. The van der Waals surface area contributed by atoms with Crippen molar-refractivity contribution in [1.82, 2.24) is 24.7 Å². The van der Waals surface area contributed by atoms with Crippen LogP contribution in [0.3, 0.4) is 0 Å². The van der Waals surface area contributed by atoms with Gasteiger partial charge in [-0.25, -0.2) is 14.6 Å². The van der Waals surface area contributed by atoms with Gasteiger partial charge in [-0.15, -0.1) is 0 Å². The summed E-state index contributed by atoms with van der Waals surface area (Å²) in [4.78, 5) is 11.9. The highest BCUT2D eigenvalue weighted by Crippen LogP contribution is 2.20. The van der Waals surface area contributed by atoms with E-state index in [1.165, 1.54) is 17.3 Å². The van der Waals surface area contributed by atoms with E-state index in [-0.39, 0.29) is 6.61 Å². The number of para-hydroxylation sites is 1. The number of benzene rings is 1. The summed E-state index contributed by atoms with van der Waals surface area (Å²) in [5.41, 5.74) is 3.16. The summed E-state index contributed by atoms with van der Waals surface area (Å²) in [6.45, 7) is 1.22. The summed E-state index contributed by atoms with van der Waals surface area (Å²) in [5.74, 6) is 0.768. The van der Waals surface area contributed by atoms with Gasteiger partial charge in [0.15, 0.2) is 5.65 Å². The van der Waals surface area contributed by atoms with Crippen LogP contribution in [-0.4, -0.2) is 43.0 Å². The quantitative estimate of drug-likeness (QED) is 0.505. The minimum Gasteiger partial charge on any atom is -0.394 e. The van der Waals surface area contributed by atoms with Crippen molar-refractivity contribution in [2.24, 2.45) is 0 Å². The molecule has 0 amide bonds. The second-order valence-electron chi connectivity index (χ2n) is 5.59. The summed E-state index contributed by atoms with van der Waals surface area (Å²) in [6.07, 6.45) is 6.20. The van der Waals surface area contributed by atoms with E-state index in [1.807, 2.05) is 6.07 Å². The van der Waals surface area contributed by atoms with Crippen LogP contribution in [0.1, 0.15) is 5.56 Å². The third-order valence-corrected chi connectivity index (χ3v) is 4.11. The van der Waals surface area contributed by atoms with Crippen molar-refractivity contribution in [3.8, 4) is 0 Å². The van der Waals surface area contributed by atoms with Crippen LogP contribution in [0, 0.1) is 0 Å². The number of rotatable bonds is 6. The summed E-state index contributed by atoms with van der Waals surface area (Å²) >= 11 is 0. The van der Waals surface area contributed by atoms with Crippen molar-refractivity contribution in [2.75, 3.05) is 18.5 Å². The highest BCUT2D eigenvalue weighted by atomic mass is 16.3. The summed E-state index contributed by atoms with van der Waals surface area (Å²) in [6, 6.07) is 8.29. The van der Waals surface area contributed by atoms with Gasteiger partial charge in [0, 0.05) is 23.6 Å². The molecule has 0 aliphatic carbocycles. The molecule has 0 saturated carbocycles. The molecule has 4 aromatic rings. The van der Waals surface area contributed by atoms with Crippen LogP contribution in [-0.2, 0) is 13.0 Å². The number of H-pyrrole nitrogens is 1. The number of aromatic amines is 1. The molecule has 7 nitrogen and oxygen atoms in total. The number of nitrogens with zero attached hydrogens (tertiary/aromatic N) is 4. The molecule has 0 saturated heterocycles. The molecule has 0 radical (unpaired) electrons. The molecule has 122 valence electrons.